The average Bonchev–Trinajstić information content (AvgIpc) is 3.79. The average molecular weight is 1030 g/mol. The van der Waals surface area contributed by atoms with E-state index in [0.717, 1.165) is 12.8 Å². The molecule has 71 heavy (non-hydrogen) atoms. The first-order chi connectivity index (χ1) is 33.9. The van der Waals surface area contributed by atoms with Gasteiger partial charge in [0.15, 0.2) is 11.0 Å². The Kier molecular flexibility index (Phi) is 16.5. The second-order valence-corrected chi connectivity index (χ2v) is 20.3. The quantitative estimate of drug-likeness (QED) is 0.0499. The molecule has 0 aliphatic carbocycles. The van der Waals surface area contributed by atoms with Crippen LogP contribution in [-0.2, 0) is 61.3 Å². The summed E-state index contributed by atoms with van der Waals surface area (Å²) in [6.45, 7) is 8.73. The molecule has 2 aliphatic rings. The minimum Gasteiger partial charge on any atom is -0.493 e. The molecular weight excluding hydrogens is 971 g/mol. The van der Waals surface area contributed by atoms with Crippen LogP contribution in [0, 0.1) is 10.1 Å². The van der Waals surface area contributed by atoms with Crippen molar-refractivity contribution in [3.05, 3.63) is 78.6 Å². The first-order valence-electron chi connectivity index (χ1n) is 23.0. The lowest BCUT2D eigenvalue weighted by molar-refractivity contribution is -0.758. The second kappa shape index (κ2) is 22.4. The Morgan fingerprint density at radius 3 is 1.49 bits per heavy atom. The number of ether oxygens (including phenoxy) is 4. The molecular formula is C44H57N11O14S2. The van der Waals surface area contributed by atoms with Gasteiger partial charge in [-0.1, -0.05) is 26.7 Å². The first kappa shape index (κ1) is 52.5. The van der Waals surface area contributed by atoms with Gasteiger partial charge in [0, 0.05) is 40.3 Å². The van der Waals surface area contributed by atoms with Gasteiger partial charge in [-0.15, -0.1) is 10.1 Å². The lowest BCUT2D eigenvalue weighted by Crippen LogP contribution is -2.54. The van der Waals surface area contributed by atoms with Crippen molar-refractivity contribution in [2.75, 3.05) is 65.8 Å². The highest BCUT2D eigenvalue weighted by Crippen LogP contribution is 2.35. The van der Waals surface area contributed by atoms with E-state index in [1.807, 2.05) is 20.8 Å². The van der Waals surface area contributed by atoms with Gasteiger partial charge in [-0.05, 0) is 63.1 Å². The molecule has 2 aromatic carbocycles. The number of nitrogens with zero attached hydrogens (tertiary/aromatic N) is 9. The third-order valence-electron chi connectivity index (χ3n) is 11.5. The van der Waals surface area contributed by atoms with Gasteiger partial charge in [0.05, 0.1) is 77.5 Å². The maximum absolute atomic E-state index is 13.3. The van der Waals surface area contributed by atoms with Gasteiger partial charge in [0.25, 0.3) is 16.2 Å². The zero-order valence-electron chi connectivity index (χ0n) is 40.1. The topological polar surface area (TPSA) is 311 Å². The Morgan fingerprint density at radius 1 is 0.690 bits per heavy atom. The molecule has 2 aliphatic heterocycles. The number of hydrogen-bond donors (Lipinski definition) is 3. The monoisotopic (exact) mass is 1030 g/mol. The minimum absolute atomic E-state index is 0.00352. The number of aromatic amines is 2. The summed E-state index contributed by atoms with van der Waals surface area (Å²) in [5, 5.41) is 27.0. The number of aryl methyl sites for hydroxylation is 4. The van der Waals surface area contributed by atoms with E-state index >= 15 is 0 Å². The van der Waals surface area contributed by atoms with E-state index in [0.29, 0.717) is 82.1 Å². The highest BCUT2D eigenvalue weighted by molar-refractivity contribution is 7.89. The van der Waals surface area contributed by atoms with Gasteiger partial charge in [-0.25, -0.2) is 26.8 Å². The Hall–Kier alpha value is -6.36. The summed E-state index contributed by atoms with van der Waals surface area (Å²) in [4.78, 5) is 55.1. The van der Waals surface area contributed by atoms with Gasteiger partial charge in [-0.2, -0.15) is 18.8 Å². The van der Waals surface area contributed by atoms with Crippen LogP contribution in [0.1, 0.15) is 51.9 Å². The van der Waals surface area contributed by atoms with Gasteiger partial charge in [0.2, 0.25) is 20.0 Å². The third kappa shape index (κ3) is 11.2. The van der Waals surface area contributed by atoms with Crippen molar-refractivity contribution in [1.82, 2.24) is 48.1 Å². The summed E-state index contributed by atoms with van der Waals surface area (Å²) < 4.78 is 80.7. The number of H-pyrrole nitrogens is 2. The summed E-state index contributed by atoms with van der Waals surface area (Å²) in [7, 11) is -4.30. The van der Waals surface area contributed by atoms with E-state index in [9.17, 15) is 36.5 Å². The molecule has 0 spiro atoms. The number of aliphatic hydroxyl groups excluding tert-OH is 1. The summed E-state index contributed by atoms with van der Waals surface area (Å²) in [6.07, 6.45) is 2.32. The molecule has 0 amide bonds. The summed E-state index contributed by atoms with van der Waals surface area (Å²) >= 11 is 0. The minimum atomic E-state index is -3.88. The fourth-order valence-corrected chi connectivity index (χ4v) is 11.1. The van der Waals surface area contributed by atoms with Gasteiger partial charge in [0.1, 0.15) is 40.8 Å². The maximum atomic E-state index is 13.3. The van der Waals surface area contributed by atoms with Gasteiger partial charge >= 0.3 is 0 Å². The van der Waals surface area contributed by atoms with E-state index in [-0.39, 0.29) is 85.7 Å². The Bertz CT molecular complexity index is 3230. The van der Waals surface area contributed by atoms with Crippen LogP contribution in [0.4, 0.5) is 0 Å². The number of fused-ring (bicyclic) bond motifs is 2. The maximum Gasteiger partial charge on any atom is 0.294 e. The van der Waals surface area contributed by atoms with Crippen molar-refractivity contribution in [3.63, 3.8) is 0 Å². The number of aromatic nitrogens is 8. The SMILES string of the molecule is CCCc1nn(C)c2c(=O)[nH]c(-c3cc(S(=O)(=O)N4CC(OCCO)C4)ccc3OCC)nc12.CCCc1nn(C)c2c(=O)[nH]c(-c3cc(S(=O)(=O)N4CC(OCCO[N+](=O)[O-])C4)ccc3OCC)nc12. The Labute approximate surface area is 407 Å². The normalized spacial score (nSPS) is 14.8. The van der Waals surface area contributed by atoms with E-state index in [1.165, 1.54) is 48.3 Å². The highest BCUT2D eigenvalue weighted by atomic mass is 32.2. The number of aliphatic hydroxyl groups is 1. The molecule has 384 valence electrons. The third-order valence-corrected chi connectivity index (χ3v) is 15.1. The smallest absolute Gasteiger partial charge is 0.294 e. The van der Waals surface area contributed by atoms with Crippen LogP contribution >= 0.6 is 0 Å². The van der Waals surface area contributed by atoms with Gasteiger partial charge < -0.3 is 38.9 Å². The van der Waals surface area contributed by atoms with E-state index in [1.54, 1.807) is 27.1 Å². The lowest BCUT2D eigenvalue weighted by Gasteiger charge is -2.37. The van der Waals surface area contributed by atoms with Gasteiger partial charge in [-0.3, -0.25) is 19.0 Å². The van der Waals surface area contributed by atoms with Crippen LogP contribution in [0.2, 0.25) is 0 Å². The van der Waals surface area contributed by atoms with Crippen LogP contribution in [0.5, 0.6) is 11.5 Å². The molecule has 0 atom stereocenters. The van der Waals surface area contributed by atoms with Crippen LogP contribution < -0.4 is 20.6 Å². The molecule has 6 aromatic rings. The van der Waals surface area contributed by atoms with Crippen LogP contribution in [0.3, 0.4) is 0 Å². The molecule has 25 nitrogen and oxygen atoms in total. The molecule has 4 aromatic heterocycles. The summed E-state index contributed by atoms with van der Waals surface area (Å²) in [6, 6.07) is 8.93. The predicted molar refractivity (Wildman–Crippen MR) is 256 cm³/mol. The molecule has 2 saturated heterocycles. The zero-order chi connectivity index (χ0) is 51.2. The molecule has 8 rings (SSSR count). The first-order valence-corrected chi connectivity index (χ1v) is 25.9. The van der Waals surface area contributed by atoms with Crippen LogP contribution in [-0.4, -0.2) is 153 Å². The fraction of sp³-hybridized carbons (Fsp3) is 0.500. The van der Waals surface area contributed by atoms with Crippen molar-refractivity contribution in [2.45, 2.75) is 75.4 Å². The van der Waals surface area contributed by atoms with Crippen molar-refractivity contribution in [3.8, 4) is 34.3 Å². The summed E-state index contributed by atoms with van der Waals surface area (Å²) in [5.74, 6) is 1.19. The van der Waals surface area contributed by atoms with Crippen molar-refractivity contribution in [1.29, 1.82) is 0 Å². The Morgan fingerprint density at radius 2 is 1.11 bits per heavy atom. The van der Waals surface area contributed by atoms with Crippen molar-refractivity contribution < 1.29 is 50.8 Å². The zero-order valence-corrected chi connectivity index (χ0v) is 41.7. The van der Waals surface area contributed by atoms with E-state index in [2.05, 4.69) is 35.0 Å². The van der Waals surface area contributed by atoms with Crippen LogP contribution in [0.25, 0.3) is 44.8 Å². The highest BCUT2D eigenvalue weighted by Gasteiger charge is 2.39. The molecule has 3 N–H and O–H groups in total. The predicted octanol–water partition coefficient (Wildman–Crippen LogP) is 2.33. The fourth-order valence-electron chi connectivity index (χ4n) is 8.08. The largest absolute Gasteiger partial charge is 0.493 e. The second-order valence-electron chi connectivity index (χ2n) is 16.5. The molecule has 0 bridgehead atoms. The number of rotatable bonds is 22. The Balaban J connectivity index is 0.000000209. The molecule has 2 fully saturated rings. The van der Waals surface area contributed by atoms with Crippen molar-refractivity contribution in [2.24, 2.45) is 14.1 Å². The molecule has 6 heterocycles. The number of benzene rings is 2. The molecule has 0 radical (unpaired) electrons. The number of hydrogen-bond acceptors (Lipinski definition) is 18. The molecule has 27 heteroatoms. The van der Waals surface area contributed by atoms with Crippen LogP contribution in [0.15, 0.2) is 55.8 Å². The summed E-state index contributed by atoms with van der Waals surface area (Å²) in [5.41, 5.74) is 3.00. The molecule has 0 unspecified atom stereocenters. The number of nitrogens with one attached hydrogen (secondary N) is 2. The van der Waals surface area contributed by atoms with E-state index < -0.39 is 36.8 Å². The standard InChI is InChI=1S/C22H28N6O8S.C22H29N5O6S/c1-4-6-17-19-20(26(3)25-17)22(29)24-21(23-19)16-11-15(7-8-18(16)34-5-2)37(32,33)27-12-14(13-27)35-9-10-36-28(30)31;1-4-6-17-19-20(26(3)25-17)22(29)24-21(23-19)16-11-15(7-8-18(16)32-5-2)34(30,31)27-12-14(13-27)33-10-9-28/h7-8,11,14H,4-6,9-10,12-13H2,1-3H3,(H,23,24,29);7-8,11,14,28H,4-6,9-10,12-13H2,1-3H3,(H,23,24,29). The number of sulfonamides is 2. The van der Waals surface area contributed by atoms with E-state index in [4.69, 9.17) is 24.1 Å². The molecule has 0 saturated carbocycles. The lowest BCUT2D eigenvalue weighted by atomic mass is 10.1. The van der Waals surface area contributed by atoms with Crippen molar-refractivity contribution >= 4 is 42.1 Å².